The van der Waals surface area contributed by atoms with Crippen LogP contribution in [-0.2, 0) is 17.7 Å². The molecule has 1 amide bonds. The molecule has 104 valence electrons. The van der Waals surface area contributed by atoms with Crippen LogP contribution in [0, 0.1) is 0 Å². The molecule has 1 aromatic carbocycles. The number of hydrogen-bond donors (Lipinski definition) is 0. The molecule has 1 aliphatic rings. The van der Waals surface area contributed by atoms with E-state index < -0.39 is 5.60 Å². The van der Waals surface area contributed by atoms with Gasteiger partial charge in [0.2, 0.25) is 0 Å². The van der Waals surface area contributed by atoms with Crippen LogP contribution in [0.25, 0.3) is 0 Å². The Kier molecular flexibility index (Phi) is 4.11. The minimum Gasteiger partial charge on any atom is -0.444 e. The van der Waals surface area contributed by atoms with E-state index >= 15 is 0 Å². The lowest BCUT2D eigenvalue weighted by molar-refractivity contribution is 0.0224. The molecule has 0 atom stereocenters. The fraction of sp³-hybridized carbons (Fsp3) is 0.500. The maximum Gasteiger partial charge on any atom is 0.410 e. The number of nitrogens with zero attached hydrogens (tertiary/aromatic N) is 1. The van der Waals surface area contributed by atoms with Crippen molar-refractivity contribution in [3.63, 3.8) is 0 Å². The molecule has 1 aromatic rings. The van der Waals surface area contributed by atoms with E-state index in [1.165, 1.54) is 5.56 Å². The summed E-state index contributed by atoms with van der Waals surface area (Å²) in [6.07, 6.45) is 0.519. The van der Waals surface area contributed by atoms with Crippen LogP contribution in [0.4, 0.5) is 4.79 Å². The van der Waals surface area contributed by atoms with Crippen molar-refractivity contribution < 1.29 is 9.53 Å². The Morgan fingerprint density at radius 1 is 1.42 bits per heavy atom. The van der Waals surface area contributed by atoms with E-state index in [0.717, 1.165) is 16.5 Å². The van der Waals surface area contributed by atoms with E-state index in [1.807, 2.05) is 26.8 Å². The Morgan fingerprint density at radius 3 is 2.74 bits per heavy atom. The topological polar surface area (TPSA) is 29.5 Å². The number of carbonyl (C=O) groups is 1. The smallest absolute Gasteiger partial charge is 0.410 e. The van der Waals surface area contributed by atoms with Crippen LogP contribution in [0.1, 0.15) is 31.9 Å². The van der Waals surface area contributed by atoms with Gasteiger partial charge in [0.05, 0.1) is 6.54 Å². The average Bonchev–Trinajstić information content (AvgIpc) is 2.25. The van der Waals surface area contributed by atoms with E-state index in [4.69, 9.17) is 16.3 Å². The van der Waals surface area contributed by atoms with Crippen LogP contribution in [0.3, 0.4) is 0 Å². The Morgan fingerprint density at radius 2 is 2.11 bits per heavy atom. The van der Waals surface area contributed by atoms with Gasteiger partial charge in [0.1, 0.15) is 5.60 Å². The second-order valence-corrected chi connectivity index (χ2v) is 7.00. The van der Waals surface area contributed by atoms with Crippen molar-refractivity contribution >= 4 is 33.6 Å². The monoisotopic (exact) mass is 345 g/mol. The summed E-state index contributed by atoms with van der Waals surface area (Å²) in [5.41, 5.74) is 1.74. The number of amides is 1. The fourth-order valence-electron chi connectivity index (χ4n) is 2.06. The Balaban J connectivity index is 2.16. The number of halogens is 2. The zero-order valence-electron chi connectivity index (χ0n) is 11.3. The van der Waals surface area contributed by atoms with Gasteiger partial charge in [-0.3, -0.25) is 0 Å². The summed E-state index contributed by atoms with van der Waals surface area (Å²) in [5, 5.41) is 0.692. The van der Waals surface area contributed by atoms with Gasteiger partial charge in [-0.25, -0.2) is 4.79 Å². The Labute approximate surface area is 127 Å². The molecule has 0 saturated heterocycles. The van der Waals surface area contributed by atoms with Crippen molar-refractivity contribution in [2.75, 3.05) is 6.54 Å². The third-order valence-corrected chi connectivity index (χ3v) is 3.70. The number of rotatable bonds is 0. The van der Waals surface area contributed by atoms with Crippen LogP contribution < -0.4 is 0 Å². The van der Waals surface area contributed by atoms with Crippen LogP contribution >= 0.6 is 27.5 Å². The maximum atomic E-state index is 12.1. The van der Waals surface area contributed by atoms with Gasteiger partial charge in [0, 0.05) is 16.0 Å². The lowest BCUT2D eigenvalue weighted by Gasteiger charge is -2.31. The second-order valence-electron chi connectivity index (χ2n) is 5.68. The SMILES string of the molecule is CC(C)(C)OC(=O)N1CCc2cc(Br)cc(Cl)c2C1. The molecule has 0 aliphatic carbocycles. The first-order valence-electron chi connectivity index (χ1n) is 6.21. The van der Waals surface area contributed by atoms with Crippen molar-refractivity contribution in [2.45, 2.75) is 39.3 Å². The molecule has 1 heterocycles. The zero-order valence-corrected chi connectivity index (χ0v) is 13.6. The summed E-state index contributed by atoms with van der Waals surface area (Å²) in [6, 6.07) is 3.92. The van der Waals surface area contributed by atoms with Gasteiger partial charge in [-0.1, -0.05) is 27.5 Å². The highest BCUT2D eigenvalue weighted by Gasteiger charge is 2.26. The molecule has 0 bridgehead atoms. The summed E-state index contributed by atoms with van der Waals surface area (Å²) in [6.45, 7) is 6.78. The summed E-state index contributed by atoms with van der Waals surface area (Å²) in [5.74, 6) is 0. The van der Waals surface area contributed by atoms with Crippen molar-refractivity contribution in [2.24, 2.45) is 0 Å². The highest BCUT2D eigenvalue weighted by Crippen LogP contribution is 2.30. The van der Waals surface area contributed by atoms with Gasteiger partial charge in [0.15, 0.2) is 0 Å². The molecular formula is C14H17BrClNO2. The number of carbonyl (C=O) groups excluding carboxylic acids is 1. The van der Waals surface area contributed by atoms with Crippen molar-refractivity contribution in [1.82, 2.24) is 4.90 Å². The summed E-state index contributed by atoms with van der Waals surface area (Å²) in [7, 11) is 0. The number of fused-ring (bicyclic) bond motifs is 1. The molecular weight excluding hydrogens is 330 g/mol. The fourth-order valence-corrected chi connectivity index (χ4v) is 3.00. The molecule has 0 fully saturated rings. The molecule has 0 N–H and O–H groups in total. The molecule has 0 spiro atoms. The lowest BCUT2D eigenvalue weighted by Crippen LogP contribution is -2.40. The van der Waals surface area contributed by atoms with Crippen molar-refractivity contribution in [3.8, 4) is 0 Å². The summed E-state index contributed by atoms with van der Waals surface area (Å²) >= 11 is 9.68. The third-order valence-electron chi connectivity index (χ3n) is 2.90. The second kappa shape index (κ2) is 5.33. The molecule has 0 unspecified atom stereocenters. The van der Waals surface area contributed by atoms with Gasteiger partial charge in [-0.15, -0.1) is 0 Å². The van der Waals surface area contributed by atoms with Crippen LogP contribution in [0.15, 0.2) is 16.6 Å². The quantitative estimate of drug-likeness (QED) is 0.697. The predicted octanol–water partition coefficient (Wildman–Crippen LogP) is 4.40. The molecule has 2 rings (SSSR count). The van der Waals surface area contributed by atoms with Gasteiger partial charge < -0.3 is 9.64 Å². The first kappa shape index (κ1) is 14.7. The molecule has 0 saturated carbocycles. The molecule has 3 nitrogen and oxygen atoms in total. The van der Waals surface area contributed by atoms with E-state index in [2.05, 4.69) is 22.0 Å². The molecule has 0 aromatic heterocycles. The first-order valence-corrected chi connectivity index (χ1v) is 7.38. The Hall–Kier alpha value is -0.740. The Bertz CT molecular complexity index is 511. The third kappa shape index (κ3) is 3.63. The van der Waals surface area contributed by atoms with Crippen molar-refractivity contribution in [3.05, 3.63) is 32.8 Å². The van der Waals surface area contributed by atoms with Crippen LogP contribution in [0.2, 0.25) is 5.02 Å². The molecule has 1 aliphatic heterocycles. The zero-order chi connectivity index (χ0) is 14.2. The largest absolute Gasteiger partial charge is 0.444 e. The van der Waals surface area contributed by atoms with E-state index in [0.29, 0.717) is 18.1 Å². The van der Waals surface area contributed by atoms with Gasteiger partial charge in [-0.05, 0) is 50.5 Å². The minimum atomic E-state index is -0.471. The minimum absolute atomic E-state index is 0.280. The lowest BCUT2D eigenvalue weighted by atomic mass is 10.00. The van der Waals surface area contributed by atoms with E-state index in [9.17, 15) is 4.79 Å². The van der Waals surface area contributed by atoms with Crippen molar-refractivity contribution in [1.29, 1.82) is 0 Å². The first-order chi connectivity index (χ1) is 8.76. The standard InChI is InChI=1S/C14H17BrClNO2/c1-14(2,3)19-13(18)17-5-4-9-6-10(15)7-12(16)11(9)8-17/h6-7H,4-5,8H2,1-3H3. The van der Waals surface area contributed by atoms with Gasteiger partial charge >= 0.3 is 6.09 Å². The number of hydrogen-bond acceptors (Lipinski definition) is 2. The van der Waals surface area contributed by atoms with E-state index in [-0.39, 0.29) is 6.09 Å². The van der Waals surface area contributed by atoms with Crippen LogP contribution in [0.5, 0.6) is 0 Å². The van der Waals surface area contributed by atoms with Gasteiger partial charge in [-0.2, -0.15) is 0 Å². The molecule has 0 radical (unpaired) electrons. The number of benzene rings is 1. The van der Waals surface area contributed by atoms with E-state index in [1.54, 1.807) is 4.90 Å². The predicted molar refractivity (Wildman–Crippen MR) is 79.5 cm³/mol. The summed E-state index contributed by atoms with van der Waals surface area (Å²) < 4.78 is 6.36. The molecule has 5 heteroatoms. The maximum absolute atomic E-state index is 12.1. The highest BCUT2D eigenvalue weighted by atomic mass is 79.9. The van der Waals surface area contributed by atoms with Gasteiger partial charge in [0.25, 0.3) is 0 Å². The molecule has 19 heavy (non-hydrogen) atoms. The summed E-state index contributed by atoms with van der Waals surface area (Å²) in [4.78, 5) is 13.8. The average molecular weight is 347 g/mol. The number of ether oxygens (including phenoxy) is 1. The highest BCUT2D eigenvalue weighted by molar-refractivity contribution is 9.10. The van der Waals surface area contributed by atoms with Crippen LogP contribution in [-0.4, -0.2) is 23.1 Å². The normalized spacial score (nSPS) is 15.1.